The maximum Gasteiger partial charge on any atom is 0.249 e. The van der Waals surface area contributed by atoms with Crippen LogP contribution in [0.5, 0.6) is 0 Å². The second-order valence-corrected chi connectivity index (χ2v) is 4.58. The van der Waals surface area contributed by atoms with Crippen molar-refractivity contribution in [1.29, 1.82) is 0 Å². The number of carbonyl (C=O) groups is 2. The van der Waals surface area contributed by atoms with E-state index in [0.717, 1.165) is 0 Å². The van der Waals surface area contributed by atoms with Gasteiger partial charge in [0.25, 0.3) is 0 Å². The number of rotatable bonds is 3. The molecular weight excluding hydrogens is 246 g/mol. The Morgan fingerprint density at radius 1 is 1.53 bits per heavy atom. The predicted molar refractivity (Wildman–Crippen MR) is 69.4 cm³/mol. The van der Waals surface area contributed by atoms with Crippen molar-refractivity contribution in [3.8, 4) is 0 Å². The third kappa shape index (κ3) is 2.73. The van der Waals surface area contributed by atoms with Crippen LogP contribution < -0.4 is 10.2 Å². The number of nitrogens with one attached hydrogen (secondary N) is 1. The Morgan fingerprint density at radius 2 is 2.26 bits per heavy atom. The van der Waals surface area contributed by atoms with Crippen molar-refractivity contribution in [2.75, 3.05) is 11.4 Å². The van der Waals surface area contributed by atoms with E-state index in [1.165, 1.54) is 0 Å². The minimum atomic E-state index is -0.637. The van der Waals surface area contributed by atoms with Gasteiger partial charge in [-0.3, -0.25) is 19.9 Å². The van der Waals surface area contributed by atoms with E-state index in [4.69, 9.17) is 0 Å². The molecule has 0 aliphatic carbocycles. The number of nitrogens with zero attached hydrogens (tertiary/aromatic N) is 2. The summed E-state index contributed by atoms with van der Waals surface area (Å²) in [7, 11) is 0. The maximum atomic E-state index is 11.8. The summed E-state index contributed by atoms with van der Waals surface area (Å²) in [5.41, 5.74) is 1.27. The molecule has 2 rings (SSSR count). The molecule has 19 heavy (non-hydrogen) atoms. The van der Waals surface area contributed by atoms with Crippen LogP contribution in [-0.2, 0) is 9.59 Å². The Kier molecular flexibility index (Phi) is 3.80. The van der Waals surface area contributed by atoms with Gasteiger partial charge < -0.3 is 10.0 Å². The van der Waals surface area contributed by atoms with Gasteiger partial charge in [-0.15, -0.1) is 0 Å². The molecular formula is C13H17N3O3. The minimum absolute atomic E-state index is 0.139. The molecule has 0 spiro atoms. The van der Waals surface area contributed by atoms with Crippen molar-refractivity contribution >= 4 is 17.5 Å². The van der Waals surface area contributed by atoms with Crippen molar-refractivity contribution in [3.63, 3.8) is 0 Å². The first-order valence-electron chi connectivity index (χ1n) is 6.27. The average Bonchev–Trinajstić information content (AvgIpc) is 2.38. The Labute approximate surface area is 111 Å². The van der Waals surface area contributed by atoms with Gasteiger partial charge in [0.1, 0.15) is 6.04 Å². The van der Waals surface area contributed by atoms with Crippen molar-refractivity contribution in [1.82, 2.24) is 10.3 Å². The molecule has 0 bridgehead atoms. The van der Waals surface area contributed by atoms with Crippen LogP contribution in [0.15, 0.2) is 18.3 Å². The Hall–Kier alpha value is -1.95. The zero-order valence-corrected chi connectivity index (χ0v) is 11.0. The number of amides is 2. The second kappa shape index (κ2) is 5.36. The lowest BCUT2D eigenvalue weighted by molar-refractivity contribution is -0.132. The van der Waals surface area contributed by atoms with Gasteiger partial charge in [-0.2, -0.15) is 0 Å². The summed E-state index contributed by atoms with van der Waals surface area (Å²) in [5.74, 6) is -0.590. The van der Waals surface area contributed by atoms with E-state index in [1.54, 1.807) is 30.2 Å². The zero-order valence-electron chi connectivity index (χ0n) is 11.0. The molecule has 2 amide bonds. The molecule has 1 aromatic heterocycles. The second-order valence-electron chi connectivity index (χ2n) is 4.58. The first-order valence-corrected chi connectivity index (χ1v) is 6.27. The van der Waals surface area contributed by atoms with E-state index >= 15 is 0 Å². The van der Waals surface area contributed by atoms with Crippen LogP contribution in [0.2, 0.25) is 0 Å². The third-order valence-corrected chi connectivity index (χ3v) is 3.17. The lowest BCUT2D eigenvalue weighted by Crippen LogP contribution is -2.58. The summed E-state index contributed by atoms with van der Waals surface area (Å²) in [6.07, 6.45) is 1.55. The molecule has 0 saturated carbocycles. The van der Waals surface area contributed by atoms with Crippen molar-refractivity contribution in [2.45, 2.75) is 32.4 Å². The number of anilines is 1. The monoisotopic (exact) mass is 263 g/mol. The van der Waals surface area contributed by atoms with Gasteiger partial charge in [-0.1, -0.05) is 6.92 Å². The summed E-state index contributed by atoms with van der Waals surface area (Å²) in [6.45, 7) is 3.67. The summed E-state index contributed by atoms with van der Waals surface area (Å²) in [4.78, 5) is 29.1. The van der Waals surface area contributed by atoms with Crippen LogP contribution in [0.25, 0.3) is 0 Å². The predicted octanol–water partition coefficient (Wildman–Crippen LogP) is 0.376. The molecule has 1 aliphatic heterocycles. The number of piperazine rings is 1. The fourth-order valence-corrected chi connectivity index (χ4v) is 2.16. The highest BCUT2D eigenvalue weighted by molar-refractivity contribution is 6.04. The summed E-state index contributed by atoms with van der Waals surface area (Å²) in [5, 5.41) is 11.7. The fourth-order valence-electron chi connectivity index (χ4n) is 2.16. The van der Waals surface area contributed by atoms with Crippen LogP contribution in [0.4, 0.5) is 5.69 Å². The number of aromatic nitrogens is 1. The summed E-state index contributed by atoms with van der Waals surface area (Å²) >= 11 is 0. The molecule has 1 aliphatic rings. The third-order valence-electron chi connectivity index (χ3n) is 3.17. The number of aliphatic hydroxyl groups excluding tert-OH is 1. The van der Waals surface area contributed by atoms with Crippen LogP contribution in [0.1, 0.15) is 32.1 Å². The van der Waals surface area contributed by atoms with Crippen molar-refractivity contribution in [3.05, 3.63) is 24.0 Å². The molecule has 2 heterocycles. The SMILES string of the molecule is CCC1C(=O)NC(=O)CN1c1ccc(C(C)O)nc1. The topological polar surface area (TPSA) is 82.5 Å². The van der Waals surface area contributed by atoms with E-state index in [9.17, 15) is 14.7 Å². The number of hydrogen-bond donors (Lipinski definition) is 2. The van der Waals surface area contributed by atoms with Crippen LogP contribution in [0.3, 0.4) is 0 Å². The molecule has 1 fully saturated rings. The van der Waals surface area contributed by atoms with Gasteiger partial charge in [-0.25, -0.2) is 0 Å². The smallest absolute Gasteiger partial charge is 0.249 e. The molecule has 6 heteroatoms. The number of carbonyl (C=O) groups excluding carboxylic acids is 2. The Morgan fingerprint density at radius 3 is 2.79 bits per heavy atom. The largest absolute Gasteiger partial charge is 0.387 e. The maximum absolute atomic E-state index is 11.8. The fraction of sp³-hybridized carbons (Fsp3) is 0.462. The zero-order chi connectivity index (χ0) is 14.0. The minimum Gasteiger partial charge on any atom is -0.387 e. The Bertz CT molecular complexity index is 484. The van der Waals surface area contributed by atoms with Crippen LogP contribution in [-0.4, -0.2) is 34.5 Å². The van der Waals surface area contributed by atoms with E-state index in [0.29, 0.717) is 17.8 Å². The molecule has 0 radical (unpaired) electrons. The molecule has 0 aromatic carbocycles. The lowest BCUT2D eigenvalue weighted by atomic mass is 10.1. The standard InChI is InChI=1S/C13H17N3O3/c1-3-11-13(19)15-12(18)7-16(11)9-4-5-10(8(2)17)14-6-9/h4-6,8,11,17H,3,7H2,1-2H3,(H,15,18,19). The number of imide groups is 1. The molecule has 1 aromatic rings. The quantitative estimate of drug-likeness (QED) is 0.770. The van der Waals surface area contributed by atoms with Gasteiger partial charge in [0.15, 0.2) is 0 Å². The summed E-state index contributed by atoms with van der Waals surface area (Å²) in [6, 6.07) is 3.10. The van der Waals surface area contributed by atoms with E-state index in [-0.39, 0.29) is 24.4 Å². The van der Waals surface area contributed by atoms with E-state index in [2.05, 4.69) is 10.3 Å². The summed E-state index contributed by atoms with van der Waals surface area (Å²) < 4.78 is 0. The van der Waals surface area contributed by atoms with Gasteiger partial charge in [0.05, 0.1) is 30.2 Å². The highest BCUT2D eigenvalue weighted by atomic mass is 16.3. The Balaban J connectivity index is 2.27. The van der Waals surface area contributed by atoms with Crippen molar-refractivity contribution in [2.24, 2.45) is 0 Å². The lowest BCUT2D eigenvalue weighted by Gasteiger charge is -2.35. The molecule has 2 N–H and O–H groups in total. The normalized spacial score (nSPS) is 21.2. The van der Waals surface area contributed by atoms with Crippen LogP contribution >= 0.6 is 0 Å². The first kappa shape index (κ1) is 13.5. The highest BCUT2D eigenvalue weighted by Gasteiger charge is 2.32. The van der Waals surface area contributed by atoms with Gasteiger partial charge >= 0.3 is 0 Å². The molecule has 1 saturated heterocycles. The highest BCUT2D eigenvalue weighted by Crippen LogP contribution is 2.21. The molecule has 2 unspecified atom stereocenters. The average molecular weight is 263 g/mol. The number of hydrogen-bond acceptors (Lipinski definition) is 5. The molecule has 2 atom stereocenters. The molecule has 6 nitrogen and oxygen atoms in total. The first-order chi connectivity index (χ1) is 9.02. The van der Waals surface area contributed by atoms with Gasteiger partial charge in [-0.05, 0) is 25.5 Å². The van der Waals surface area contributed by atoms with Gasteiger partial charge in [0.2, 0.25) is 11.8 Å². The number of pyridine rings is 1. The van der Waals surface area contributed by atoms with Gasteiger partial charge in [0, 0.05) is 0 Å². The molecule has 102 valence electrons. The van der Waals surface area contributed by atoms with E-state index in [1.807, 2.05) is 6.92 Å². The number of aliphatic hydroxyl groups is 1. The van der Waals surface area contributed by atoms with E-state index < -0.39 is 6.10 Å². The van der Waals surface area contributed by atoms with Crippen LogP contribution in [0, 0.1) is 0 Å². The van der Waals surface area contributed by atoms with Crippen molar-refractivity contribution < 1.29 is 14.7 Å².